The summed E-state index contributed by atoms with van der Waals surface area (Å²) in [5.41, 5.74) is 5.25. The van der Waals surface area contributed by atoms with Crippen molar-refractivity contribution in [3.05, 3.63) is 94.8 Å². The van der Waals surface area contributed by atoms with Gasteiger partial charge in [0.25, 0.3) is 0 Å². The minimum absolute atomic E-state index is 0.0124. The van der Waals surface area contributed by atoms with Crippen molar-refractivity contribution in [3.8, 4) is 23.0 Å². The number of fused-ring (bicyclic) bond motifs is 3. The molecule has 0 bridgehead atoms. The van der Waals surface area contributed by atoms with E-state index >= 15 is 0 Å². The molecule has 0 saturated heterocycles. The van der Waals surface area contributed by atoms with Crippen molar-refractivity contribution in [2.75, 3.05) is 13.2 Å². The van der Waals surface area contributed by atoms with Crippen LogP contribution in [0.25, 0.3) is 11.1 Å². The third kappa shape index (κ3) is 4.34. The van der Waals surface area contributed by atoms with Crippen LogP contribution in [-0.4, -0.2) is 25.0 Å². The summed E-state index contributed by atoms with van der Waals surface area (Å²) in [6, 6.07) is 20.1. The van der Waals surface area contributed by atoms with Gasteiger partial charge in [-0.15, -0.1) is 0 Å². The summed E-state index contributed by atoms with van der Waals surface area (Å²) in [4.78, 5) is 23.8. The Bertz CT molecular complexity index is 1180. The maximum Gasteiger partial charge on any atom is 0.407 e. The molecule has 4 nitrogen and oxygen atoms in total. The lowest BCUT2D eigenvalue weighted by Gasteiger charge is -2.14. The number of Topliss-reactive ketones (excluding diaryl/α,β-unsaturated/α-hetero) is 1. The molecule has 0 atom stereocenters. The van der Waals surface area contributed by atoms with Crippen LogP contribution >= 0.6 is 0 Å². The number of ketones is 1. The van der Waals surface area contributed by atoms with Crippen LogP contribution in [-0.2, 0) is 4.74 Å². The molecule has 0 fully saturated rings. The lowest BCUT2D eigenvalue weighted by Crippen LogP contribution is -2.26. The van der Waals surface area contributed by atoms with E-state index in [0.29, 0.717) is 5.56 Å². The third-order valence-corrected chi connectivity index (χ3v) is 5.25. The summed E-state index contributed by atoms with van der Waals surface area (Å²) in [5, 5.41) is 2.59. The Hall–Kier alpha value is -3.91. The minimum atomic E-state index is -0.568. The third-order valence-electron chi connectivity index (χ3n) is 5.25. The average molecular weight is 413 g/mol. The van der Waals surface area contributed by atoms with Gasteiger partial charge in [-0.25, -0.2) is 9.18 Å². The van der Waals surface area contributed by atoms with Gasteiger partial charge in [0.15, 0.2) is 5.78 Å². The minimum Gasteiger partial charge on any atom is -0.449 e. The first-order chi connectivity index (χ1) is 15.0. The van der Waals surface area contributed by atoms with E-state index < -0.39 is 11.9 Å². The Morgan fingerprint density at radius 3 is 2.29 bits per heavy atom. The smallest absolute Gasteiger partial charge is 0.407 e. The first-order valence-electron chi connectivity index (χ1n) is 9.93. The van der Waals surface area contributed by atoms with Gasteiger partial charge in [-0.05, 0) is 47.4 Å². The molecule has 1 aliphatic rings. The molecule has 1 amide bonds. The number of carbonyl (C=O) groups is 2. The highest BCUT2D eigenvalue weighted by molar-refractivity contribution is 5.96. The van der Waals surface area contributed by atoms with E-state index in [1.807, 2.05) is 24.3 Å². The highest BCUT2D eigenvalue weighted by Gasteiger charge is 2.28. The molecular weight excluding hydrogens is 393 g/mol. The van der Waals surface area contributed by atoms with Crippen molar-refractivity contribution < 1.29 is 18.7 Å². The largest absolute Gasteiger partial charge is 0.449 e. The number of hydrogen-bond acceptors (Lipinski definition) is 3. The van der Waals surface area contributed by atoms with Crippen molar-refractivity contribution in [1.82, 2.24) is 5.32 Å². The van der Waals surface area contributed by atoms with E-state index in [2.05, 4.69) is 41.4 Å². The van der Waals surface area contributed by atoms with Gasteiger partial charge in [-0.1, -0.05) is 60.4 Å². The summed E-state index contributed by atoms with van der Waals surface area (Å²) in [5.74, 6) is 4.79. The Morgan fingerprint density at radius 2 is 1.65 bits per heavy atom. The molecule has 0 spiro atoms. The molecule has 5 heteroatoms. The van der Waals surface area contributed by atoms with Gasteiger partial charge >= 0.3 is 6.09 Å². The van der Waals surface area contributed by atoms with Crippen molar-refractivity contribution in [2.45, 2.75) is 12.8 Å². The molecule has 0 saturated carbocycles. The fourth-order valence-electron chi connectivity index (χ4n) is 3.82. The molecule has 31 heavy (non-hydrogen) atoms. The van der Waals surface area contributed by atoms with Crippen LogP contribution in [0.5, 0.6) is 0 Å². The molecule has 0 radical (unpaired) electrons. The first kappa shape index (κ1) is 20.4. The average Bonchev–Trinajstić information content (AvgIpc) is 3.10. The molecule has 0 heterocycles. The molecule has 3 aromatic carbocycles. The second-order valence-corrected chi connectivity index (χ2v) is 7.23. The molecule has 0 unspecified atom stereocenters. The number of amides is 1. The fraction of sp³-hybridized carbons (Fsp3) is 0.154. The molecule has 154 valence electrons. The number of nitrogens with one attached hydrogen (secondary N) is 1. The Labute approximate surface area is 180 Å². The van der Waals surface area contributed by atoms with E-state index in [1.54, 1.807) is 0 Å². The first-order valence-corrected chi connectivity index (χ1v) is 9.93. The lowest BCUT2D eigenvalue weighted by atomic mass is 9.98. The molecule has 4 rings (SSSR count). The zero-order valence-electron chi connectivity index (χ0n) is 16.9. The molecule has 3 aromatic rings. The van der Waals surface area contributed by atoms with E-state index in [-0.39, 0.29) is 30.4 Å². The van der Waals surface area contributed by atoms with E-state index in [0.717, 1.165) is 17.2 Å². The standard InChI is InChI=1S/C26H20FNO3/c1-17(29)24-15-19(27)13-12-18(24)7-6-14-28-26(30)31-16-25-22-10-4-2-8-20(22)21-9-3-5-11-23(21)25/h2-5,8-13,15,25H,14,16H2,1H3,(H,28,30). The molecular formula is C26H20FNO3. The maximum absolute atomic E-state index is 13.3. The van der Waals surface area contributed by atoms with Gasteiger partial charge in [0.1, 0.15) is 12.4 Å². The van der Waals surface area contributed by atoms with Gasteiger partial charge < -0.3 is 10.1 Å². The van der Waals surface area contributed by atoms with Crippen molar-refractivity contribution >= 4 is 11.9 Å². The Kier molecular flexibility index (Phi) is 5.81. The fourth-order valence-corrected chi connectivity index (χ4v) is 3.82. The monoisotopic (exact) mass is 413 g/mol. The normalized spacial score (nSPS) is 11.7. The summed E-state index contributed by atoms with van der Waals surface area (Å²) in [7, 11) is 0. The van der Waals surface area contributed by atoms with Crippen molar-refractivity contribution in [3.63, 3.8) is 0 Å². The zero-order valence-corrected chi connectivity index (χ0v) is 16.9. The Balaban J connectivity index is 1.37. The second kappa shape index (κ2) is 8.85. The predicted octanol–water partition coefficient (Wildman–Crippen LogP) is 4.92. The summed E-state index contributed by atoms with van der Waals surface area (Å²) in [6.45, 7) is 1.63. The summed E-state index contributed by atoms with van der Waals surface area (Å²) >= 11 is 0. The van der Waals surface area contributed by atoms with Crippen molar-refractivity contribution in [1.29, 1.82) is 0 Å². The molecule has 0 aliphatic heterocycles. The Morgan fingerprint density at radius 1 is 1.00 bits per heavy atom. The van der Waals surface area contributed by atoms with Crippen LogP contribution in [0.15, 0.2) is 66.7 Å². The van der Waals surface area contributed by atoms with Crippen LogP contribution < -0.4 is 5.32 Å². The van der Waals surface area contributed by atoms with Gasteiger partial charge in [0.05, 0.1) is 6.54 Å². The number of rotatable bonds is 4. The second-order valence-electron chi connectivity index (χ2n) is 7.23. The van der Waals surface area contributed by atoms with Crippen molar-refractivity contribution in [2.24, 2.45) is 0 Å². The van der Waals surface area contributed by atoms with Crippen LogP contribution in [0.1, 0.15) is 39.9 Å². The van der Waals surface area contributed by atoms with Crippen LogP contribution in [0.4, 0.5) is 9.18 Å². The van der Waals surface area contributed by atoms with Crippen LogP contribution in [0, 0.1) is 17.7 Å². The van der Waals surface area contributed by atoms with Gasteiger partial charge in [-0.3, -0.25) is 4.79 Å². The highest BCUT2D eigenvalue weighted by Crippen LogP contribution is 2.44. The number of carbonyl (C=O) groups excluding carboxylic acids is 2. The quantitative estimate of drug-likeness (QED) is 0.488. The van der Waals surface area contributed by atoms with E-state index in [4.69, 9.17) is 4.74 Å². The van der Waals surface area contributed by atoms with Gasteiger partial charge in [-0.2, -0.15) is 0 Å². The highest BCUT2D eigenvalue weighted by atomic mass is 19.1. The number of halogens is 1. The number of alkyl carbamates (subject to hydrolysis) is 1. The predicted molar refractivity (Wildman–Crippen MR) is 116 cm³/mol. The van der Waals surface area contributed by atoms with Crippen LogP contribution in [0.3, 0.4) is 0 Å². The summed E-state index contributed by atoms with van der Waals surface area (Å²) < 4.78 is 18.8. The van der Waals surface area contributed by atoms with E-state index in [1.165, 1.54) is 30.2 Å². The number of benzene rings is 3. The van der Waals surface area contributed by atoms with E-state index in [9.17, 15) is 14.0 Å². The van der Waals surface area contributed by atoms with Gasteiger partial charge in [0.2, 0.25) is 0 Å². The SMILES string of the molecule is CC(=O)c1cc(F)ccc1C#CCNC(=O)OCC1c2ccccc2-c2ccccc21. The molecule has 1 N–H and O–H groups in total. The maximum atomic E-state index is 13.3. The van der Waals surface area contributed by atoms with Crippen LogP contribution in [0.2, 0.25) is 0 Å². The summed E-state index contributed by atoms with van der Waals surface area (Å²) in [6.07, 6.45) is -0.568. The lowest BCUT2D eigenvalue weighted by molar-refractivity contribution is 0.101. The number of ether oxygens (including phenoxy) is 1. The zero-order chi connectivity index (χ0) is 21.8. The topological polar surface area (TPSA) is 55.4 Å². The number of hydrogen-bond donors (Lipinski definition) is 1. The molecule has 1 aliphatic carbocycles. The molecule has 0 aromatic heterocycles. The van der Waals surface area contributed by atoms with Gasteiger partial charge in [0, 0.05) is 17.0 Å².